The zero-order valence-electron chi connectivity index (χ0n) is 12.4. The third-order valence-electron chi connectivity index (χ3n) is 4.33. The predicted molar refractivity (Wildman–Crippen MR) is 80.2 cm³/mol. The van der Waals surface area contributed by atoms with Crippen molar-refractivity contribution in [3.05, 3.63) is 24.4 Å². The monoisotopic (exact) mass is 290 g/mol. The second-order valence-electron chi connectivity index (χ2n) is 5.54. The van der Waals surface area contributed by atoms with Gasteiger partial charge in [0.25, 0.3) is 0 Å². The molecule has 21 heavy (non-hydrogen) atoms. The minimum absolute atomic E-state index is 0.0450. The molecular formula is C15H22N4O2. The van der Waals surface area contributed by atoms with Crippen molar-refractivity contribution in [3.8, 4) is 0 Å². The average molecular weight is 290 g/mol. The van der Waals surface area contributed by atoms with Gasteiger partial charge < -0.3 is 19.9 Å². The molecule has 6 nitrogen and oxygen atoms in total. The van der Waals surface area contributed by atoms with Crippen molar-refractivity contribution >= 4 is 11.7 Å². The van der Waals surface area contributed by atoms with Crippen molar-refractivity contribution in [1.29, 1.82) is 0 Å². The minimum atomic E-state index is -0.0450. The molecule has 1 aromatic rings. The summed E-state index contributed by atoms with van der Waals surface area (Å²) in [5.74, 6) is 1.16. The van der Waals surface area contributed by atoms with Crippen LogP contribution in [0.2, 0.25) is 0 Å². The van der Waals surface area contributed by atoms with Gasteiger partial charge in [0, 0.05) is 38.4 Å². The first-order valence-corrected chi connectivity index (χ1v) is 7.49. The molecule has 2 saturated heterocycles. The Bertz CT molecular complexity index is 474. The van der Waals surface area contributed by atoms with E-state index < -0.39 is 0 Å². The summed E-state index contributed by atoms with van der Waals surface area (Å²) in [5, 5.41) is 3.18. The molecule has 0 bridgehead atoms. The Hall–Kier alpha value is -1.66. The fraction of sp³-hybridized carbons (Fsp3) is 0.600. The van der Waals surface area contributed by atoms with Crippen molar-refractivity contribution < 1.29 is 9.53 Å². The highest BCUT2D eigenvalue weighted by Crippen LogP contribution is 2.19. The van der Waals surface area contributed by atoms with Gasteiger partial charge in [0.1, 0.15) is 5.82 Å². The summed E-state index contributed by atoms with van der Waals surface area (Å²) in [4.78, 5) is 21.1. The van der Waals surface area contributed by atoms with E-state index in [1.54, 1.807) is 6.20 Å². The fourth-order valence-electron chi connectivity index (χ4n) is 3.01. The van der Waals surface area contributed by atoms with Crippen LogP contribution in [0.3, 0.4) is 0 Å². The predicted octanol–water partition coefficient (Wildman–Crippen LogP) is -0.0354. The maximum absolute atomic E-state index is 12.6. The Morgan fingerprint density at radius 3 is 2.76 bits per heavy atom. The van der Waals surface area contributed by atoms with Crippen LogP contribution in [-0.4, -0.2) is 68.3 Å². The molecule has 0 aromatic carbocycles. The zero-order valence-corrected chi connectivity index (χ0v) is 12.4. The molecular weight excluding hydrogens is 268 g/mol. The number of ether oxygens (including phenoxy) is 1. The summed E-state index contributed by atoms with van der Waals surface area (Å²) in [6, 6.07) is 6.07. The number of rotatable bonds is 3. The van der Waals surface area contributed by atoms with Crippen LogP contribution in [0.4, 0.5) is 5.82 Å². The number of amides is 1. The minimum Gasteiger partial charge on any atom is -0.379 e. The van der Waals surface area contributed by atoms with Crippen molar-refractivity contribution in [2.75, 3.05) is 51.3 Å². The molecule has 0 saturated carbocycles. The summed E-state index contributed by atoms with van der Waals surface area (Å²) >= 11 is 0. The Kier molecular flexibility index (Phi) is 4.36. The van der Waals surface area contributed by atoms with Gasteiger partial charge in [-0.3, -0.25) is 4.79 Å². The van der Waals surface area contributed by atoms with Gasteiger partial charge >= 0.3 is 0 Å². The first kappa shape index (κ1) is 14.3. The molecule has 0 radical (unpaired) electrons. The summed E-state index contributed by atoms with van der Waals surface area (Å²) in [5.41, 5.74) is 0. The van der Waals surface area contributed by atoms with Gasteiger partial charge in [-0.1, -0.05) is 6.07 Å². The molecule has 2 aliphatic heterocycles. The number of nitrogens with one attached hydrogen (secondary N) is 1. The zero-order chi connectivity index (χ0) is 14.7. The van der Waals surface area contributed by atoms with Gasteiger partial charge in [-0.15, -0.1) is 0 Å². The molecule has 2 aliphatic rings. The van der Waals surface area contributed by atoms with E-state index in [0.717, 1.165) is 32.0 Å². The molecule has 1 amide bonds. The first-order chi connectivity index (χ1) is 10.3. The molecule has 0 spiro atoms. The number of carbonyl (C=O) groups excluding carboxylic acids is 1. The van der Waals surface area contributed by atoms with E-state index in [-0.39, 0.29) is 17.9 Å². The topological polar surface area (TPSA) is 57.7 Å². The van der Waals surface area contributed by atoms with Gasteiger partial charge in [0.15, 0.2) is 0 Å². The summed E-state index contributed by atoms with van der Waals surface area (Å²) in [6.07, 6.45) is 1.81. The summed E-state index contributed by atoms with van der Waals surface area (Å²) in [6.45, 7) is 4.33. The van der Waals surface area contributed by atoms with E-state index >= 15 is 0 Å². The standard InChI is InChI=1S/C15H22N4O2/c1-16-13-11-21-10-12(13)15(20)19-8-6-18(7-9-19)14-4-2-3-5-17-14/h2-5,12-13,16H,6-11H2,1H3. The van der Waals surface area contributed by atoms with E-state index in [4.69, 9.17) is 4.74 Å². The van der Waals surface area contributed by atoms with Crippen LogP contribution in [0.1, 0.15) is 0 Å². The second kappa shape index (κ2) is 6.41. The SMILES string of the molecule is CNC1COCC1C(=O)N1CCN(c2ccccn2)CC1. The van der Waals surface area contributed by atoms with Crippen LogP contribution in [-0.2, 0) is 9.53 Å². The number of hydrogen-bond acceptors (Lipinski definition) is 5. The van der Waals surface area contributed by atoms with Gasteiger partial charge in [-0.2, -0.15) is 0 Å². The van der Waals surface area contributed by atoms with E-state index in [9.17, 15) is 4.79 Å². The van der Waals surface area contributed by atoms with Crippen LogP contribution in [0.5, 0.6) is 0 Å². The number of aromatic nitrogens is 1. The number of hydrogen-bond donors (Lipinski definition) is 1. The van der Waals surface area contributed by atoms with Crippen molar-refractivity contribution in [2.45, 2.75) is 6.04 Å². The molecule has 6 heteroatoms. The first-order valence-electron chi connectivity index (χ1n) is 7.49. The maximum Gasteiger partial charge on any atom is 0.229 e. The van der Waals surface area contributed by atoms with Crippen molar-refractivity contribution in [1.82, 2.24) is 15.2 Å². The number of likely N-dealkylation sites (N-methyl/N-ethyl adjacent to an activating group) is 1. The molecule has 0 aliphatic carbocycles. The molecule has 3 rings (SSSR count). The molecule has 1 N–H and O–H groups in total. The lowest BCUT2D eigenvalue weighted by atomic mass is 10.0. The van der Waals surface area contributed by atoms with Crippen LogP contribution < -0.4 is 10.2 Å². The number of pyridine rings is 1. The highest BCUT2D eigenvalue weighted by Gasteiger charge is 2.36. The van der Waals surface area contributed by atoms with Crippen LogP contribution in [0.15, 0.2) is 24.4 Å². The van der Waals surface area contributed by atoms with Gasteiger partial charge in [-0.25, -0.2) is 4.98 Å². The summed E-state index contributed by atoms with van der Waals surface area (Å²) in [7, 11) is 1.89. The number of carbonyl (C=O) groups is 1. The molecule has 114 valence electrons. The van der Waals surface area contributed by atoms with E-state index in [0.29, 0.717) is 13.2 Å². The Morgan fingerprint density at radius 2 is 2.10 bits per heavy atom. The molecule has 3 heterocycles. The molecule has 2 atom stereocenters. The fourth-order valence-corrected chi connectivity index (χ4v) is 3.01. The quantitative estimate of drug-likeness (QED) is 0.847. The van der Waals surface area contributed by atoms with Gasteiger partial charge in [0.2, 0.25) is 5.91 Å². The number of anilines is 1. The second-order valence-corrected chi connectivity index (χ2v) is 5.54. The van der Waals surface area contributed by atoms with Crippen LogP contribution in [0.25, 0.3) is 0 Å². The van der Waals surface area contributed by atoms with Crippen LogP contribution >= 0.6 is 0 Å². The lowest BCUT2D eigenvalue weighted by Crippen LogP contribution is -2.53. The highest BCUT2D eigenvalue weighted by molar-refractivity contribution is 5.80. The van der Waals surface area contributed by atoms with Gasteiger partial charge in [0.05, 0.1) is 19.1 Å². The average Bonchev–Trinajstić information content (AvgIpc) is 3.04. The lowest BCUT2D eigenvalue weighted by molar-refractivity contribution is -0.136. The highest BCUT2D eigenvalue weighted by atomic mass is 16.5. The normalized spacial score (nSPS) is 26.1. The molecule has 1 aromatic heterocycles. The van der Waals surface area contributed by atoms with Crippen LogP contribution in [0, 0.1) is 5.92 Å². The largest absolute Gasteiger partial charge is 0.379 e. The number of piperazine rings is 1. The van der Waals surface area contributed by atoms with E-state index in [2.05, 4.69) is 15.2 Å². The summed E-state index contributed by atoms with van der Waals surface area (Å²) < 4.78 is 5.43. The third-order valence-corrected chi connectivity index (χ3v) is 4.33. The Balaban J connectivity index is 1.57. The van der Waals surface area contributed by atoms with Crippen molar-refractivity contribution in [3.63, 3.8) is 0 Å². The Labute approximate surface area is 125 Å². The Morgan fingerprint density at radius 1 is 1.29 bits per heavy atom. The smallest absolute Gasteiger partial charge is 0.229 e. The molecule has 2 unspecified atom stereocenters. The van der Waals surface area contributed by atoms with E-state index in [1.165, 1.54) is 0 Å². The maximum atomic E-state index is 12.6. The van der Waals surface area contributed by atoms with E-state index in [1.807, 2.05) is 30.1 Å². The third kappa shape index (κ3) is 3.01. The van der Waals surface area contributed by atoms with Crippen molar-refractivity contribution in [2.24, 2.45) is 5.92 Å². The van der Waals surface area contributed by atoms with Gasteiger partial charge in [-0.05, 0) is 19.2 Å². The number of nitrogens with zero attached hydrogens (tertiary/aromatic N) is 3. The lowest BCUT2D eigenvalue weighted by Gasteiger charge is -2.37. The molecule has 2 fully saturated rings.